The van der Waals surface area contributed by atoms with E-state index >= 15 is 0 Å². The largest absolute Gasteiger partial charge is 0.300 e. The van der Waals surface area contributed by atoms with E-state index in [1.165, 1.54) is 18.4 Å². The molecule has 2 fully saturated rings. The van der Waals surface area contributed by atoms with Crippen molar-refractivity contribution >= 4 is 5.78 Å². The van der Waals surface area contributed by atoms with Gasteiger partial charge in [0.15, 0.2) is 0 Å². The lowest BCUT2D eigenvalue weighted by Crippen LogP contribution is -2.37. The number of carbonyl (C=O) groups is 1. The molecule has 0 heterocycles. The molecule has 0 aromatic rings. The second-order valence-electron chi connectivity index (χ2n) is 6.04. The van der Waals surface area contributed by atoms with Crippen molar-refractivity contribution in [3.05, 3.63) is 12.2 Å². The van der Waals surface area contributed by atoms with Crippen molar-refractivity contribution in [3.8, 4) is 0 Å². The first-order valence-electron chi connectivity index (χ1n) is 6.10. The molecule has 2 aliphatic carbocycles. The molecule has 0 radical (unpaired) electrons. The van der Waals surface area contributed by atoms with E-state index in [-0.39, 0.29) is 0 Å². The third-order valence-electron chi connectivity index (χ3n) is 5.01. The zero-order valence-corrected chi connectivity index (χ0v) is 10.2. The lowest BCUT2D eigenvalue weighted by Gasteiger charge is -2.45. The van der Waals surface area contributed by atoms with E-state index in [1.807, 2.05) is 0 Å². The summed E-state index contributed by atoms with van der Waals surface area (Å²) in [6.07, 6.45) is 4.07. The van der Waals surface area contributed by atoms with Crippen LogP contribution in [0.5, 0.6) is 0 Å². The summed E-state index contributed by atoms with van der Waals surface area (Å²) < 4.78 is 0. The van der Waals surface area contributed by atoms with E-state index in [0.717, 1.165) is 12.8 Å². The Balaban J connectivity index is 2.21. The van der Waals surface area contributed by atoms with Gasteiger partial charge in [-0.15, -0.1) is 0 Å². The fourth-order valence-corrected chi connectivity index (χ4v) is 3.62. The van der Waals surface area contributed by atoms with Crippen molar-refractivity contribution in [2.75, 3.05) is 0 Å². The van der Waals surface area contributed by atoms with E-state index in [0.29, 0.717) is 29.0 Å². The third kappa shape index (κ3) is 1.66. The van der Waals surface area contributed by atoms with Gasteiger partial charge in [0.05, 0.1) is 0 Å². The van der Waals surface area contributed by atoms with Gasteiger partial charge in [0.25, 0.3) is 0 Å². The molecule has 0 N–H and O–H groups in total. The highest BCUT2D eigenvalue weighted by atomic mass is 16.1. The first-order chi connectivity index (χ1) is 6.93. The lowest BCUT2D eigenvalue weighted by molar-refractivity contribution is -0.118. The monoisotopic (exact) mass is 206 g/mol. The molecule has 84 valence electrons. The summed E-state index contributed by atoms with van der Waals surface area (Å²) in [5.41, 5.74) is 1.60. The number of allylic oxidation sites excluding steroid dienone is 1. The normalized spacial score (nSPS) is 45.3. The molecule has 0 bridgehead atoms. The lowest BCUT2D eigenvalue weighted by atomic mass is 9.59. The third-order valence-corrected chi connectivity index (χ3v) is 5.01. The van der Waals surface area contributed by atoms with Crippen LogP contribution < -0.4 is 0 Å². The number of hydrogen-bond donors (Lipinski definition) is 0. The molecule has 0 aromatic heterocycles. The summed E-state index contributed by atoms with van der Waals surface area (Å²) in [5.74, 6) is 2.43. The molecular weight excluding hydrogens is 184 g/mol. The topological polar surface area (TPSA) is 17.1 Å². The van der Waals surface area contributed by atoms with Gasteiger partial charge in [0, 0.05) is 12.8 Å². The highest BCUT2D eigenvalue weighted by molar-refractivity contribution is 5.82. The average Bonchev–Trinajstić information content (AvgIpc) is 2.41. The zero-order valence-electron chi connectivity index (χ0n) is 10.2. The van der Waals surface area contributed by atoms with Gasteiger partial charge in [-0.05, 0) is 42.9 Å². The van der Waals surface area contributed by atoms with Crippen molar-refractivity contribution < 1.29 is 4.79 Å². The Hall–Kier alpha value is -0.590. The summed E-state index contributed by atoms with van der Waals surface area (Å²) in [5, 5.41) is 0. The van der Waals surface area contributed by atoms with Crippen molar-refractivity contribution in [3.63, 3.8) is 0 Å². The van der Waals surface area contributed by atoms with Crippen LogP contribution in [0.15, 0.2) is 12.2 Å². The maximum Gasteiger partial charge on any atom is 0.133 e. The van der Waals surface area contributed by atoms with E-state index < -0.39 is 0 Å². The van der Waals surface area contributed by atoms with Crippen LogP contribution in [-0.2, 0) is 4.79 Å². The summed E-state index contributed by atoms with van der Waals surface area (Å²) in [6, 6.07) is 0. The molecule has 0 spiro atoms. The first kappa shape index (κ1) is 10.9. The maximum absolute atomic E-state index is 11.6. The highest BCUT2D eigenvalue weighted by Gasteiger charge is 2.50. The SMILES string of the molecule is C=C(C)[C@H]1C[C@H]2CC(=O)C[C@@]2(C)[C@H](C)C1. The van der Waals surface area contributed by atoms with Gasteiger partial charge in [-0.2, -0.15) is 0 Å². The first-order valence-corrected chi connectivity index (χ1v) is 6.10. The summed E-state index contributed by atoms with van der Waals surface area (Å²) in [6.45, 7) is 10.9. The molecule has 1 nitrogen and oxygen atoms in total. The molecule has 2 rings (SSSR count). The molecule has 1 heteroatoms. The van der Waals surface area contributed by atoms with E-state index in [1.54, 1.807) is 0 Å². The van der Waals surface area contributed by atoms with Crippen LogP contribution in [-0.4, -0.2) is 5.78 Å². The van der Waals surface area contributed by atoms with Crippen LogP contribution in [0, 0.1) is 23.2 Å². The number of carbonyl (C=O) groups excluding carboxylic acids is 1. The van der Waals surface area contributed by atoms with Crippen molar-refractivity contribution in [1.29, 1.82) is 0 Å². The van der Waals surface area contributed by atoms with Crippen LogP contribution in [0.25, 0.3) is 0 Å². The molecular formula is C14H22O. The highest BCUT2D eigenvalue weighted by Crippen LogP contribution is 2.55. The maximum atomic E-state index is 11.6. The van der Waals surface area contributed by atoms with Crippen molar-refractivity contribution in [2.24, 2.45) is 23.2 Å². The molecule has 0 saturated heterocycles. The Morgan fingerprint density at radius 1 is 1.47 bits per heavy atom. The standard InChI is InChI=1S/C14H22O/c1-9(2)11-5-10(3)14(4)8-13(15)7-12(14)6-11/h10-12H,1,5-8H2,2-4H3/t10-,11-,12+,14+/m1/s1. The Bertz CT molecular complexity index is 304. The molecule has 4 atom stereocenters. The fraction of sp³-hybridized carbons (Fsp3) is 0.786. The van der Waals surface area contributed by atoms with Crippen LogP contribution in [0.3, 0.4) is 0 Å². The number of fused-ring (bicyclic) bond motifs is 1. The molecule has 0 aliphatic heterocycles. The van der Waals surface area contributed by atoms with Crippen LogP contribution in [0.4, 0.5) is 0 Å². The smallest absolute Gasteiger partial charge is 0.133 e. The second kappa shape index (κ2) is 3.47. The van der Waals surface area contributed by atoms with Crippen molar-refractivity contribution in [1.82, 2.24) is 0 Å². The number of hydrogen-bond acceptors (Lipinski definition) is 1. The zero-order chi connectivity index (χ0) is 11.2. The molecule has 15 heavy (non-hydrogen) atoms. The van der Waals surface area contributed by atoms with E-state index in [4.69, 9.17) is 0 Å². The predicted molar refractivity (Wildman–Crippen MR) is 62.5 cm³/mol. The quantitative estimate of drug-likeness (QED) is 0.599. The van der Waals surface area contributed by atoms with Gasteiger partial charge in [0.2, 0.25) is 0 Å². The van der Waals surface area contributed by atoms with Crippen LogP contribution in [0.2, 0.25) is 0 Å². The van der Waals surface area contributed by atoms with E-state index in [2.05, 4.69) is 27.4 Å². The van der Waals surface area contributed by atoms with Crippen LogP contribution >= 0.6 is 0 Å². The van der Waals surface area contributed by atoms with Gasteiger partial charge >= 0.3 is 0 Å². The fourth-order valence-electron chi connectivity index (χ4n) is 3.62. The Kier molecular flexibility index (Phi) is 2.52. The Labute approximate surface area is 92.9 Å². The Morgan fingerprint density at radius 2 is 2.13 bits per heavy atom. The minimum absolute atomic E-state index is 0.295. The molecule has 2 aliphatic rings. The number of ketones is 1. The minimum atomic E-state index is 0.295. The summed E-state index contributed by atoms with van der Waals surface area (Å²) >= 11 is 0. The van der Waals surface area contributed by atoms with Crippen LogP contribution in [0.1, 0.15) is 46.5 Å². The minimum Gasteiger partial charge on any atom is -0.300 e. The number of Topliss-reactive ketones (excluding diaryl/α,β-unsaturated/α-hetero) is 1. The predicted octanol–water partition coefficient (Wildman–Crippen LogP) is 3.59. The van der Waals surface area contributed by atoms with Crippen molar-refractivity contribution in [2.45, 2.75) is 46.5 Å². The summed E-state index contributed by atoms with van der Waals surface area (Å²) in [7, 11) is 0. The molecule has 0 aromatic carbocycles. The van der Waals surface area contributed by atoms with Gasteiger partial charge in [-0.3, -0.25) is 4.79 Å². The van der Waals surface area contributed by atoms with E-state index in [9.17, 15) is 4.79 Å². The second-order valence-corrected chi connectivity index (χ2v) is 6.04. The molecule has 0 amide bonds. The Morgan fingerprint density at radius 3 is 2.73 bits per heavy atom. The van der Waals surface area contributed by atoms with Gasteiger partial charge in [-0.1, -0.05) is 26.0 Å². The summed E-state index contributed by atoms with van der Waals surface area (Å²) in [4.78, 5) is 11.6. The molecule has 0 unspecified atom stereocenters. The van der Waals surface area contributed by atoms with Gasteiger partial charge < -0.3 is 0 Å². The van der Waals surface area contributed by atoms with Gasteiger partial charge in [0.1, 0.15) is 5.78 Å². The van der Waals surface area contributed by atoms with Gasteiger partial charge in [-0.25, -0.2) is 0 Å². The molecule has 2 saturated carbocycles. The average molecular weight is 206 g/mol. The number of rotatable bonds is 1.